The molecular weight excluding hydrogens is 371 g/mol. The van der Waals surface area contributed by atoms with E-state index in [0.717, 1.165) is 5.56 Å². The summed E-state index contributed by atoms with van der Waals surface area (Å²) in [5.74, 6) is -0.172. The molecule has 0 saturated carbocycles. The van der Waals surface area contributed by atoms with Crippen molar-refractivity contribution in [3.8, 4) is 0 Å². The third kappa shape index (κ3) is 4.37. The highest BCUT2D eigenvalue weighted by atomic mass is 35.5. The first kappa shape index (κ1) is 18.7. The average molecular weight is 391 g/mol. The highest BCUT2D eigenvalue weighted by molar-refractivity contribution is 6.36. The van der Waals surface area contributed by atoms with E-state index in [2.05, 4.69) is 5.32 Å². The summed E-state index contributed by atoms with van der Waals surface area (Å²) < 4.78 is 0. The van der Waals surface area contributed by atoms with Crippen LogP contribution in [0, 0.1) is 6.92 Å². The number of nitrogens with zero attached hydrogens (tertiary/aromatic N) is 1. The van der Waals surface area contributed by atoms with Crippen molar-refractivity contribution >= 4 is 35.0 Å². The number of benzene rings is 2. The number of hydrogen-bond acceptors (Lipinski definition) is 2. The number of piperidine rings is 1. The van der Waals surface area contributed by atoms with Crippen molar-refractivity contribution in [2.75, 3.05) is 13.1 Å². The van der Waals surface area contributed by atoms with E-state index in [1.54, 1.807) is 18.2 Å². The van der Waals surface area contributed by atoms with Gasteiger partial charge in [-0.2, -0.15) is 0 Å². The summed E-state index contributed by atoms with van der Waals surface area (Å²) in [6.07, 6.45) is 1.43. The molecule has 1 heterocycles. The summed E-state index contributed by atoms with van der Waals surface area (Å²) in [5.41, 5.74) is 2.19. The first-order valence-electron chi connectivity index (χ1n) is 8.56. The Labute approximate surface area is 163 Å². The lowest BCUT2D eigenvalue weighted by Gasteiger charge is -2.32. The number of halogens is 2. The highest BCUT2D eigenvalue weighted by Crippen LogP contribution is 2.22. The summed E-state index contributed by atoms with van der Waals surface area (Å²) >= 11 is 12.0. The molecule has 3 rings (SSSR count). The molecule has 2 aromatic rings. The van der Waals surface area contributed by atoms with Crippen molar-refractivity contribution < 1.29 is 9.59 Å². The topological polar surface area (TPSA) is 49.4 Å². The van der Waals surface area contributed by atoms with E-state index in [1.807, 2.05) is 36.1 Å². The third-order valence-electron chi connectivity index (χ3n) is 4.56. The van der Waals surface area contributed by atoms with E-state index in [4.69, 9.17) is 23.2 Å². The van der Waals surface area contributed by atoms with E-state index in [-0.39, 0.29) is 17.9 Å². The fraction of sp³-hybridized carbons (Fsp3) is 0.300. The van der Waals surface area contributed by atoms with Crippen molar-refractivity contribution in [1.82, 2.24) is 10.2 Å². The molecule has 0 unspecified atom stereocenters. The van der Waals surface area contributed by atoms with Crippen LogP contribution in [0.5, 0.6) is 0 Å². The first-order valence-corrected chi connectivity index (χ1v) is 9.31. The van der Waals surface area contributed by atoms with E-state index in [1.165, 1.54) is 0 Å². The minimum atomic E-state index is -0.213. The molecule has 0 bridgehead atoms. The Kier molecular flexibility index (Phi) is 5.84. The number of amides is 2. The maximum Gasteiger partial charge on any atom is 0.253 e. The zero-order valence-electron chi connectivity index (χ0n) is 14.5. The second-order valence-electron chi connectivity index (χ2n) is 6.53. The number of nitrogens with one attached hydrogen (secondary N) is 1. The lowest BCUT2D eigenvalue weighted by Crippen LogP contribution is -2.46. The number of hydrogen-bond donors (Lipinski definition) is 1. The van der Waals surface area contributed by atoms with Gasteiger partial charge in [-0.05, 0) is 50.1 Å². The van der Waals surface area contributed by atoms with Crippen LogP contribution >= 0.6 is 23.2 Å². The molecule has 1 saturated heterocycles. The quantitative estimate of drug-likeness (QED) is 0.847. The van der Waals surface area contributed by atoms with Crippen LogP contribution in [0.25, 0.3) is 0 Å². The third-order valence-corrected chi connectivity index (χ3v) is 5.11. The molecule has 0 spiro atoms. The predicted molar refractivity (Wildman–Crippen MR) is 104 cm³/mol. The van der Waals surface area contributed by atoms with Crippen LogP contribution in [0.4, 0.5) is 0 Å². The van der Waals surface area contributed by atoms with Crippen molar-refractivity contribution in [3.05, 3.63) is 69.2 Å². The van der Waals surface area contributed by atoms with Crippen molar-refractivity contribution in [1.29, 1.82) is 0 Å². The largest absolute Gasteiger partial charge is 0.349 e. The Morgan fingerprint density at radius 2 is 1.81 bits per heavy atom. The zero-order valence-corrected chi connectivity index (χ0v) is 16.0. The van der Waals surface area contributed by atoms with Crippen LogP contribution in [0.2, 0.25) is 10.0 Å². The molecule has 2 aromatic carbocycles. The molecule has 4 nitrogen and oxygen atoms in total. The van der Waals surface area contributed by atoms with E-state index in [0.29, 0.717) is 47.1 Å². The van der Waals surface area contributed by atoms with Crippen molar-refractivity contribution in [2.24, 2.45) is 0 Å². The molecule has 0 radical (unpaired) electrons. The summed E-state index contributed by atoms with van der Waals surface area (Å²) in [7, 11) is 0. The van der Waals surface area contributed by atoms with Gasteiger partial charge in [0, 0.05) is 29.7 Å². The summed E-state index contributed by atoms with van der Waals surface area (Å²) in [4.78, 5) is 26.8. The molecule has 0 aromatic heterocycles. The monoisotopic (exact) mass is 390 g/mol. The van der Waals surface area contributed by atoms with Crippen molar-refractivity contribution in [2.45, 2.75) is 25.8 Å². The molecule has 0 atom stereocenters. The first-order chi connectivity index (χ1) is 12.4. The average Bonchev–Trinajstić information content (AvgIpc) is 2.61. The van der Waals surface area contributed by atoms with Crippen LogP contribution in [-0.2, 0) is 0 Å². The molecule has 1 N–H and O–H groups in total. The molecule has 1 aliphatic heterocycles. The lowest BCUT2D eigenvalue weighted by molar-refractivity contribution is 0.0698. The van der Waals surface area contributed by atoms with Gasteiger partial charge in [0.15, 0.2) is 0 Å². The molecule has 1 fully saturated rings. The molecule has 26 heavy (non-hydrogen) atoms. The molecule has 2 amide bonds. The van der Waals surface area contributed by atoms with Crippen LogP contribution in [-0.4, -0.2) is 35.8 Å². The highest BCUT2D eigenvalue weighted by Gasteiger charge is 2.25. The van der Waals surface area contributed by atoms with Gasteiger partial charge in [0.1, 0.15) is 0 Å². The fourth-order valence-electron chi connectivity index (χ4n) is 3.12. The molecular formula is C20H20Cl2N2O2. The maximum atomic E-state index is 12.6. The van der Waals surface area contributed by atoms with E-state index < -0.39 is 0 Å². The SMILES string of the molecule is Cc1cccc(C(=O)N2CCC(NC(=O)c3ccc(Cl)cc3Cl)CC2)c1. The number of aryl methyl sites for hydroxylation is 1. The Bertz CT molecular complexity index is 830. The lowest BCUT2D eigenvalue weighted by atomic mass is 10.0. The van der Waals surface area contributed by atoms with Gasteiger partial charge in [-0.15, -0.1) is 0 Å². The van der Waals surface area contributed by atoms with Crippen LogP contribution in [0.1, 0.15) is 39.1 Å². The molecule has 136 valence electrons. The Morgan fingerprint density at radius 3 is 2.46 bits per heavy atom. The minimum absolute atomic E-state index is 0.0239. The fourth-order valence-corrected chi connectivity index (χ4v) is 3.62. The number of likely N-dealkylation sites (tertiary alicyclic amines) is 1. The van der Waals surface area contributed by atoms with E-state index >= 15 is 0 Å². The molecule has 6 heteroatoms. The second-order valence-corrected chi connectivity index (χ2v) is 7.38. The Balaban J connectivity index is 1.57. The normalized spacial score (nSPS) is 15.0. The van der Waals surface area contributed by atoms with Gasteiger partial charge in [0.25, 0.3) is 11.8 Å². The van der Waals surface area contributed by atoms with Gasteiger partial charge in [0.05, 0.1) is 10.6 Å². The molecule has 0 aliphatic carbocycles. The number of rotatable bonds is 3. The second kappa shape index (κ2) is 8.11. The number of carbonyl (C=O) groups excluding carboxylic acids is 2. The standard InChI is InChI=1S/C20H20Cl2N2O2/c1-13-3-2-4-14(11-13)20(26)24-9-7-16(8-10-24)23-19(25)17-6-5-15(21)12-18(17)22/h2-6,11-12,16H,7-10H2,1H3,(H,23,25). The van der Waals surface area contributed by atoms with Gasteiger partial charge >= 0.3 is 0 Å². The molecule has 1 aliphatic rings. The minimum Gasteiger partial charge on any atom is -0.349 e. The summed E-state index contributed by atoms with van der Waals surface area (Å²) in [5, 5.41) is 3.83. The smallest absolute Gasteiger partial charge is 0.253 e. The predicted octanol–water partition coefficient (Wildman–Crippen LogP) is 4.34. The van der Waals surface area contributed by atoms with Gasteiger partial charge in [-0.1, -0.05) is 40.9 Å². The van der Waals surface area contributed by atoms with Crippen LogP contribution < -0.4 is 5.32 Å². The van der Waals surface area contributed by atoms with Crippen molar-refractivity contribution in [3.63, 3.8) is 0 Å². The Hall–Kier alpha value is -2.04. The van der Waals surface area contributed by atoms with Gasteiger partial charge < -0.3 is 10.2 Å². The number of carbonyl (C=O) groups is 2. The van der Waals surface area contributed by atoms with Gasteiger partial charge in [-0.3, -0.25) is 9.59 Å². The van der Waals surface area contributed by atoms with Gasteiger partial charge in [0.2, 0.25) is 0 Å². The van der Waals surface area contributed by atoms with E-state index in [9.17, 15) is 9.59 Å². The van der Waals surface area contributed by atoms with Crippen LogP contribution in [0.3, 0.4) is 0 Å². The van der Waals surface area contributed by atoms with Crippen LogP contribution in [0.15, 0.2) is 42.5 Å². The summed E-state index contributed by atoms with van der Waals surface area (Å²) in [6, 6.07) is 12.5. The zero-order chi connectivity index (χ0) is 18.7. The Morgan fingerprint density at radius 1 is 1.08 bits per heavy atom. The van der Waals surface area contributed by atoms with Gasteiger partial charge in [-0.25, -0.2) is 0 Å². The summed E-state index contributed by atoms with van der Waals surface area (Å²) in [6.45, 7) is 3.21. The maximum absolute atomic E-state index is 12.6.